The van der Waals surface area contributed by atoms with E-state index in [1.807, 2.05) is 38.1 Å². The van der Waals surface area contributed by atoms with Gasteiger partial charge in [-0.15, -0.1) is 0 Å². The van der Waals surface area contributed by atoms with Crippen molar-refractivity contribution in [3.63, 3.8) is 0 Å². The number of hydrogen-bond donors (Lipinski definition) is 1. The van der Waals surface area contributed by atoms with Crippen LogP contribution in [0, 0.1) is 18.3 Å². The lowest BCUT2D eigenvalue weighted by atomic mass is 9.86. The molecular weight excluding hydrogens is 382 g/mol. The second-order valence-corrected chi connectivity index (χ2v) is 8.59. The molecule has 0 saturated carbocycles. The number of hydrogen-bond acceptors (Lipinski definition) is 3. The molecule has 0 fully saturated rings. The van der Waals surface area contributed by atoms with Crippen LogP contribution in [-0.2, 0) is 11.2 Å². The lowest BCUT2D eigenvalue weighted by Crippen LogP contribution is -2.44. The molecule has 0 bridgehead atoms. The third kappa shape index (κ3) is 4.41. The van der Waals surface area contributed by atoms with Crippen molar-refractivity contribution in [3.8, 4) is 6.07 Å². The number of amides is 1. The van der Waals surface area contributed by atoms with Gasteiger partial charge >= 0.3 is 0 Å². The van der Waals surface area contributed by atoms with Gasteiger partial charge in [-0.05, 0) is 87.6 Å². The van der Waals surface area contributed by atoms with Crippen molar-refractivity contribution in [3.05, 3.63) is 70.3 Å². The van der Waals surface area contributed by atoms with Crippen LogP contribution in [0.1, 0.15) is 56.9 Å². The van der Waals surface area contributed by atoms with Gasteiger partial charge in [-0.2, -0.15) is 5.26 Å². The summed E-state index contributed by atoms with van der Waals surface area (Å²) in [5, 5.41) is 12.6. The second kappa shape index (κ2) is 8.81. The first-order valence-corrected chi connectivity index (χ1v) is 10.8. The molecule has 4 nitrogen and oxygen atoms in total. The van der Waals surface area contributed by atoms with E-state index in [4.69, 9.17) is 0 Å². The van der Waals surface area contributed by atoms with Gasteiger partial charge in [0.1, 0.15) is 11.6 Å². The summed E-state index contributed by atoms with van der Waals surface area (Å²) < 4.78 is 0. The minimum atomic E-state index is -0.385. The van der Waals surface area contributed by atoms with Crippen molar-refractivity contribution in [2.45, 2.75) is 53.5 Å². The highest BCUT2D eigenvalue weighted by atomic mass is 16.1. The van der Waals surface area contributed by atoms with E-state index in [1.54, 1.807) is 6.08 Å². The van der Waals surface area contributed by atoms with Crippen LogP contribution in [0.3, 0.4) is 0 Å². The van der Waals surface area contributed by atoms with Crippen LogP contribution in [0.2, 0.25) is 0 Å². The molecule has 0 saturated heterocycles. The first-order chi connectivity index (χ1) is 14.7. The van der Waals surface area contributed by atoms with Crippen molar-refractivity contribution in [1.29, 1.82) is 5.26 Å². The Hall–Kier alpha value is -3.32. The fourth-order valence-corrected chi connectivity index (χ4v) is 4.42. The molecular formula is C27H31N3O. The predicted octanol–water partition coefficient (Wildman–Crippen LogP) is 6.12. The number of benzene rings is 2. The number of fused-ring (bicyclic) bond motifs is 1. The van der Waals surface area contributed by atoms with E-state index >= 15 is 0 Å². The highest BCUT2D eigenvalue weighted by Gasteiger charge is 2.30. The van der Waals surface area contributed by atoms with Gasteiger partial charge in [-0.25, -0.2) is 0 Å². The minimum Gasteiger partial charge on any atom is -0.363 e. The number of anilines is 2. The quantitative estimate of drug-likeness (QED) is 0.474. The zero-order valence-corrected chi connectivity index (χ0v) is 19.3. The smallest absolute Gasteiger partial charge is 0.266 e. The molecule has 1 aliphatic heterocycles. The van der Waals surface area contributed by atoms with Crippen LogP contribution in [0.4, 0.5) is 11.4 Å². The summed E-state index contributed by atoms with van der Waals surface area (Å²) >= 11 is 0. The zero-order valence-electron chi connectivity index (χ0n) is 19.3. The highest BCUT2D eigenvalue weighted by molar-refractivity contribution is 6.10. The maximum Gasteiger partial charge on any atom is 0.266 e. The average molecular weight is 414 g/mol. The van der Waals surface area contributed by atoms with E-state index in [9.17, 15) is 10.1 Å². The summed E-state index contributed by atoms with van der Waals surface area (Å²) in [4.78, 5) is 15.2. The number of aryl methyl sites for hydroxylation is 2. The Labute approximate surface area is 185 Å². The number of nitrogens with zero attached hydrogens (tertiary/aromatic N) is 2. The number of carbonyl (C=O) groups is 1. The van der Waals surface area contributed by atoms with Gasteiger partial charge in [0, 0.05) is 23.5 Å². The molecule has 2 aromatic rings. The van der Waals surface area contributed by atoms with Crippen molar-refractivity contribution >= 4 is 28.9 Å². The van der Waals surface area contributed by atoms with Gasteiger partial charge in [-0.1, -0.05) is 31.2 Å². The summed E-state index contributed by atoms with van der Waals surface area (Å²) in [5.74, 6) is -0.385. The van der Waals surface area contributed by atoms with Crippen molar-refractivity contribution < 1.29 is 4.79 Å². The van der Waals surface area contributed by atoms with Gasteiger partial charge in [0.15, 0.2) is 0 Å². The Kier molecular flexibility index (Phi) is 6.36. The Morgan fingerprint density at radius 2 is 1.90 bits per heavy atom. The lowest BCUT2D eigenvalue weighted by molar-refractivity contribution is -0.112. The summed E-state index contributed by atoms with van der Waals surface area (Å²) in [7, 11) is 0. The average Bonchev–Trinajstić information content (AvgIpc) is 2.72. The molecule has 31 heavy (non-hydrogen) atoms. The number of nitrogens with one attached hydrogen (secondary N) is 1. The van der Waals surface area contributed by atoms with Crippen LogP contribution < -0.4 is 10.2 Å². The molecule has 4 heteroatoms. The predicted molar refractivity (Wildman–Crippen MR) is 130 cm³/mol. The third-order valence-electron chi connectivity index (χ3n) is 5.99. The number of nitriles is 1. The number of para-hydroxylation sites is 1. The van der Waals surface area contributed by atoms with E-state index in [0.29, 0.717) is 0 Å². The van der Waals surface area contributed by atoms with E-state index in [2.05, 4.69) is 62.2 Å². The normalized spacial score (nSPS) is 15.1. The van der Waals surface area contributed by atoms with E-state index < -0.39 is 0 Å². The number of allylic oxidation sites excluding steroid dienone is 1. The molecule has 1 heterocycles. The summed E-state index contributed by atoms with van der Waals surface area (Å²) in [6.07, 6.45) is 4.78. The molecule has 0 spiro atoms. The molecule has 2 aromatic carbocycles. The molecule has 1 N–H and O–H groups in total. The molecule has 160 valence electrons. The maximum absolute atomic E-state index is 12.8. The van der Waals surface area contributed by atoms with Gasteiger partial charge in [0.05, 0.1) is 5.54 Å². The van der Waals surface area contributed by atoms with E-state index in [-0.39, 0.29) is 17.0 Å². The van der Waals surface area contributed by atoms with Gasteiger partial charge < -0.3 is 10.2 Å². The van der Waals surface area contributed by atoms with Crippen LogP contribution in [0.15, 0.2) is 48.0 Å². The lowest BCUT2D eigenvalue weighted by Gasteiger charge is -2.43. The minimum absolute atomic E-state index is 0.0556. The maximum atomic E-state index is 12.8. The molecule has 1 amide bonds. The molecule has 0 aliphatic carbocycles. The van der Waals surface area contributed by atoms with Crippen molar-refractivity contribution in [2.24, 2.45) is 0 Å². The standard InChI is InChI=1S/C27H31N3O/c1-7-20-11-9-10-12-24(20)29-26(31)22(17-28)14-21-15-23-19(4)16-27(5,6)30(8-2)25(23)13-18(21)3/h9-16H,7-8H2,1-6H3,(H,29,31)/b22-14-. The summed E-state index contributed by atoms with van der Waals surface area (Å²) in [5.41, 5.74) is 7.31. The van der Waals surface area contributed by atoms with E-state index in [1.165, 1.54) is 11.3 Å². The summed E-state index contributed by atoms with van der Waals surface area (Å²) in [6, 6.07) is 14.0. The van der Waals surface area contributed by atoms with Gasteiger partial charge in [0.2, 0.25) is 0 Å². The number of likely N-dealkylation sites (N-methyl/N-ethyl adjacent to an activating group) is 1. The Morgan fingerprint density at radius 3 is 2.55 bits per heavy atom. The molecule has 0 aromatic heterocycles. The summed E-state index contributed by atoms with van der Waals surface area (Å²) in [6.45, 7) is 13.7. The van der Waals surface area contributed by atoms with Crippen LogP contribution in [-0.4, -0.2) is 18.0 Å². The molecule has 0 unspecified atom stereocenters. The van der Waals surface area contributed by atoms with Gasteiger partial charge in [-0.3, -0.25) is 4.79 Å². The largest absolute Gasteiger partial charge is 0.363 e. The van der Waals surface area contributed by atoms with Crippen molar-refractivity contribution in [2.75, 3.05) is 16.8 Å². The molecule has 3 rings (SSSR count). The van der Waals surface area contributed by atoms with Crippen LogP contribution >= 0.6 is 0 Å². The van der Waals surface area contributed by atoms with Crippen LogP contribution in [0.25, 0.3) is 11.6 Å². The van der Waals surface area contributed by atoms with Crippen molar-refractivity contribution in [1.82, 2.24) is 0 Å². The second-order valence-electron chi connectivity index (χ2n) is 8.59. The number of carbonyl (C=O) groups excluding carboxylic acids is 1. The zero-order chi connectivity index (χ0) is 22.8. The highest BCUT2D eigenvalue weighted by Crippen LogP contribution is 2.40. The topological polar surface area (TPSA) is 56.1 Å². The number of rotatable bonds is 5. The van der Waals surface area contributed by atoms with E-state index in [0.717, 1.165) is 40.9 Å². The SMILES string of the molecule is CCc1ccccc1NC(=O)/C(C#N)=C\c1cc2c(cc1C)N(CC)C(C)(C)C=C2C. The fourth-order valence-electron chi connectivity index (χ4n) is 4.42. The third-order valence-corrected chi connectivity index (χ3v) is 5.99. The Bertz CT molecular complexity index is 1120. The molecule has 0 radical (unpaired) electrons. The first kappa shape index (κ1) is 22.4. The Balaban J connectivity index is 2.00. The molecule has 1 aliphatic rings. The molecule has 0 atom stereocenters. The van der Waals surface area contributed by atoms with Gasteiger partial charge in [0.25, 0.3) is 5.91 Å². The first-order valence-electron chi connectivity index (χ1n) is 10.8. The Morgan fingerprint density at radius 1 is 1.19 bits per heavy atom. The van der Waals surface area contributed by atoms with Crippen LogP contribution in [0.5, 0.6) is 0 Å². The fraction of sp³-hybridized carbons (Fsp3) is 0.333. The monoisotopic (exact) mass is 413 g/mol.